The van der Waals surface area contributed by atoms with Crippen LogP contribution in [-0.2, 0) is 0 Å². The van der Waals surface area contributed by atoms with Crippen LogP contribution in [0.5, 0.6) is 0 Å². The molecular weight excluding hydrogens is 350 g/mol. The van der Waals surface area contributed by atoms with Crippen LogP contribution < -0.4 is 10.6 Å². The average molecular weight is 373 g/mol. The molecule has 2 aromatic carbocycles. The molecule has 28 heavy (non-hydrogen) atoms. The van der Waals surface area contributed by atoms with Crippen LogP contribution in [0.25, 0.3) is 10.8 Å². The van der Waals surface area contributed by atoms with Gasteiger partial charge in [0.1, 0.15) is 0 Å². The second-order valence-corrected chi connectivity index (χ2v) is 7.36. The number of nitrogens with zero attached hydrogens (tertiary/aromatic N) is 1. The Balaban J connectivity index is 1.57. The number of benzene rings is 2. The third-order valence-electron chi connectivity index (χ3n) is 5.48. The molecule has 0 unspecified atom stereocenters. The Morgan fingerprint density at radius 2 is 1.79 bits per heavy atom. The number of anilines is 1. The van der Waals surface area contributed by atoms with Crippen LogP contribution in [0.4, 0.5) is 5.69 Å². The van der Waals surface area contributed by atoms with Crippen molar-refractivity contribution >= 4 is 28.3 Å². The topological polar surface area (TPSA) is 71.1 Å². The number of rotatable bonds is 5. The highest BCUT2D eigenvalue weighted by atomic mass is 16.2. The van der Waals surface area contributed by atoms with Gasteiger partial charge in [0.25, 0.3) is 11.8 Å². The van der Waals surface area contributed by atoms with Gasteiger partial charge >= 0.3 is 0 Å². The van der Waals surface area contributed by atoms with Crippen LogP contribution in [0, 0.1) is 12.8 Å². The monoisotopic (exact) mass is 373 g/mol. The van der Waals surface area contributed by atoms with Crippen molar-refractivity contribution in [1.29, 1.82) is 0 Å². The fourth-order valence-electron chi connectivity index (χ4n) is 3.55. The predicted octanol–water partition coefficient (Wildman–Crippen LogP) is 4.33. The zero-order valence-electron chi connectivity index (χ0n) is 15.9. The van der Waals surface area contributed by atoms with Gasteiger partial charge in [0, 0.05) is 24.5 Å². The van der Waals surface area contributed by atoms with Gasteiger partial charge in [-0.3, -0.25) is 14.6 Å². The summed E-state index contributed by atoms with van der Waals surface area (Å²) < 4.78 is 0. The zero-order chi connectivity index (χ0) is 19.5. The van der Waals surface area contributed by atoms with Gasteiger partial charge < -0.3 is 10.6 Å². The van der Waals surface area contributed by atoms with Crippen molar-refractivity contribution in [3.05, 3.63) is 71.5 Å². The van der Waals surface area contributed by atoms with Crippen LogP contribution in [-0.4, -0.2) is 23.3 Å². The van der Waals surface area contributed by atoms with Crippen molar-refractivity contribution in [3.8, 4) is 0 Å². The SMILES string of the molecule is Cc1ccc(C(=O)Nc2ccncc2C(=O)NCC2CCC2)c2ccccc12. The van der Waals surface area contributed by atoms with E-state index >= 15 is 0 Å². The van der Waals surface area contributed by atoms with E-state index in [0.717, 1.165) is 29.2 Å². The summed E-state index contributed by atoms with van der Waals surface area (Å²) in [6, 6.07) is 13.3. The van der Waals surface area contributed by atoms with E-state index in [0.29, 0.717) is 29.3 Å². The minimum Gasteiger partial charge on any atom is -0.352 e. The second-order valence-electron chi connectivity index (χ2n) is 7.36. The lowest BCUT2D eigenvalue weighted by molar-refractivity contribution is 0.0939. The van der Waals surface area contributed by atoms with Gasteiger partial charge in [-0.2, -0.15) is 0 Å². The summed E-state index contributed by atoms with van der Waals surface area (Å²) in [4.78, 5) is 29.6. The van der Waals surface area contributed by atoms with E-state index in [2.05, 4.69) is 15.6 Å². The molecule has 0 bridgehead atoms. The minimum absolute atomic E-state index is 0.205. The molecule has 0 aliphatic heterocycles. The average Bonchev–Trinajstić information content (AvgIpc) is 2.67. The number of nitrogens with one attached hydrogen (secondary N) is 2. The van der Waals surface area contributed by atoms with E-state index in [9.17, 15) is 9.59 Å². The van der Waals surface area contributed by atoms with Crippen LogP contribution >= 0.6 is 0 Å². The van der Waals surface area contributed by atoms with Gasteiger partial charge in [-0.1, -0.05) is 36.8 Å². The Morgan fingerprint density at radius 1 is 1.00 bits per heavy atom. The van der Waals surface area contributed by atoms with E-state index in [1.165, 1.54) is 12.6 Å². The molecule has 5 nitrogen and oxygen atoms in total. The molecule has 5 heteroatoms. The van der Waals surface area contributed by atoms with Crippen molar-refractivity contribution < 1.29 is 9.59 Å². The number of hydrogen-bond donors (Lipinski definition) is 2. The van der Waals surface area contributed by atoms with E-state index < -0.39 is 0 Å². The first-order chi connectivity index (χ1) is 13.6. The number of amides is 2. The fourth-order valence-corrected chi connectivity index (χ4v) is 3.55. The highest BCUT2D eigenvalue weighted by Crippen LogP contribution is 2.26. The van der Waals surface area contributed by atoms with Gasteiger partial charge in [0.2, 0.25) is 0 Å². The number of hydrogen-bond acceptors (Lipinski definition) is 3. The van der Waals surface area contributed by atoms with Crippen molar-refractivity contribution in [1.82, 2.24) is 10.3 Å². The summed E-state index contributed by atoms with van der Waals surface area (Å²) in [7, 11) is 0. The summed E-state index contributed by atoms with van der Waals surface area (Å²) >= 11 is 0. The van der Waals surface area contributed by atoms with Gasteiger partial charge in [0.05, 0.1) is 11.3 Å². The number of pyridine rings is 1. The molecule has 0 radical (unpaired) electrons. The van der Waals surface area contributed by atoms with E-state index in [1.807, 2.05) is 43.3 Å². The second kappa shape index (κ2) is 7.80. The molecule has 0 atom stereocenters. The lowest BCUT2D eigenvalue weighted by Gasteiger charge is -2.25. The number of aryl methyl sites for hydroxylation is 1. The highest BCUT2D eigenvalue weighted by Gasteiger charge is 2.20. The largest absolute Gasteiger partial charge is 0.352 e. The molecule has 0 spiro atoms. The lowest BCUT2D eigenvalue weighted by atomic mass is 9.85. The number of fused-ring (bicyclic) bond motifs is 1. The van der Waals surface area contributed by atoms with Crippen LogP contribution in [0.15, 0.2) is 54.9 Å². The van der Waals surface area contributed by atoms with Gasteiger partial charge in [0.15, 0.2) is 0 Å². The predicted molar refractivity (Wildman–Crippen MR) is 111 cm³/mol. The highest BCUT2D eigenvalue weighted by molar-refractivity contribution is 6.15. The van der Waals surface area contributed by atoms with Gasteiger partial charge in [-0.15, -0.1) is 0 Å². The van der Waals surface area contributed by atoms with Crippen molar-refractivity contribution in [2.45, 2.75) is 26.2 Å². The molecule has 4 rings (SSSR count). The zero-order valence-corrected chi connectivity index (χ0v) is 15.9. The Morgan fingerprint density at radius 3 is 2.54 bits per heavy atom. The third-order valence-corrected chi connectivity index (χ3v) is 5.48. The summed E-state index contributed by atoms with van der Waals surface area (Å²) in [5, 5.41) is 7.79. The van der Waals surface area contributed by atoms with Crippen LogP contribution in [0.2, 0.25) is 0 Å². The van der Waals surface area contributed by atoms with E-state index in [4.69, 9.17) is 0 Å². The maximum absolute atomic E-state index is 13.0. The lowest BCUT2D eigenvalue weighted by Crippen LogP contribution is -2.32. The Kier molecular flexibility index (Phi) is 5.06. The maximum atomic E-state index is 13.0. The molecule has 0 saturated heterocycles. The Labute approximate surface area is 164 Å². The third kappa shape index (κ3) is 3.60. The molecule has 142 valence electrons. The normalized spacial score (nSPS) is 13.8. The van der Waals surface area contributed by atoms with E-state index in [-0.39, 0.29) is 11.8 Å². The quantitative estimate of drug-likeness (QED) is 0.699. The molecule has 2 N–H and O–H groups in total. The summed E-state index contributed by atoms with van der Waals surface area (Å²) in [5.41, 5.74) is 2.55. The summed E-state index contributed by atoms with van der Waals surface area (Å²) in [5.74, 6) is 0.122. The van der Waals surface area contributed by atoms with Gasteiger partial charge in [-0.25, -0.2) is 0 Å². The number of carbonyl (C=O) groups excluding carboxylic acids is 2. The molecular formula is C23H23N3O2. The Hall–Kier alpha value is -3.21. The maximum Gasteiger partial charge on any atom is 0.256 e. The molecule has 1 aliphatic carbocycles. The van der Waals surface area contributed by atoms with Crippen molar-refractivity contribution in [2.24, 2.45) is 5.92 Å². The first-order valence-electron chi connectivity index (χ1n) is 9.65. The number of carbonyl (C=O) groups is 2. The number of aromatic nitrogens is 1. The molecule has 1 fully saturated rings. The molecule has 1 aliphatic rings. The molecule has 1 aromatic heterocycles. The fraction of sp³-hybridized carbons (Fsp3) is 0.261. The molecule has 1 heterocycles. The Bertz CT molecular complexity index is 1040. The first-order valence-corrected chi connectivity index (χ1v) is 9.65. The summed E-state index contributed by atoms with van der Waals surface area (Å²) in [6.45, 7) is 2.70. The minimum atomic E-state index is -0.240. The van der Waals surface area contributed by atoms with E-state index in [1.54, 1.807) is 12.3 Å². The van der Waals surface area contributed by atoms with Gasteiger partial charge in [-0.05, 0) is 54.2 Å². The summed E-state index contributed by atoms with van der Waals surface area (Å²) in [6.07, 6.45) is 6.64. The first kappa shape index (κ1) is 18.2. The smallest absolute Gasteiger partial charge is 0.256 e. The van der Waals surface area contributed by atoms with Crippen molar-refractivity contribution in [2.75, 3.05) is 11.9 Å². The standard InChI is InChI=1S/C23H23N3O2/c1-15-9-10-19(18-8-3-2-7-17(15)18)23(28)26-21-11-12-24-14-20(21)22(27)25-13-16-5-4-6-16/h2-3,7-12,14,16H,4-6,13H2,1H3,(H,25,27)(H,24,26,28). The molecule has 1 saturated carbocycles. The molecule has 3 aromatic rings. The molecule has 2 amide bonds. The van der Waals surface area contributed by atoms with Crippen LogP contribution in [0.3, 0.4) is 0 Å². The van der Waals surface area contributed by atoms with Crippen LogP contribution in [0.1, 0.15) is 45.5 Å². The van der Waals surface area contributed by atoms with Crippen molar-refractivity contribution in [3.63, 3.8) is 0 Å².